The maximum atomic E-state index is 13.3. The minimum atomic E-state index is -4.21. The minimum Gasteiger partial charge on any atom is -0.351 e. The van der Waals surface area contributed by atoms with E-state index >= 15 is 0 Å². The largest absolute Gasteiger partial charge is 0.351 e. The summed E-state index contributed by atoms with van der Waals surface area (Å²) in [5, 5.41) is -0.197. The molecule has 0 radical (unpaired) electrons. The zero-order valence-electron chi connectivity index (χ0n) is 20.8. The lowest BCUT2D eigenvalue weighted by molar-refractivity contribution is 0.0981. The average molecular weight is 506 g/mol. The van der Waals surface area contributed by atoms with Gasteiger partial charge in [-0.05, 0) is 74.9 Å². The Morgan fingerprint density at radius 2 is 1.89 bits per heavy atom. The van der Waals surface area contributed by atoms with Crippen LogP contribution in [0.4, 0.5) is 17.3 Å². The van der Waals surface area contributed by atoms with E-state index in [0.29, 0.717) is 17.6 Å². The molecule has 2 aromatic heterocycles. The monoisotopic (exact) mass is 505 g/mol. The molecule has 2 aliphatic heterocycles. The van der Waals surface area contributed by atoms with E-state index in [1.807, 2.05) is 23.1 Å². The lowest BCUT2D eigenvalue weighted by Gasteiger charge is -2.33. The number of carbonyl (C=O) groups is 1. The molecule has 3 aromatic rings. The smallest absolute Gasteiger partial charge is 0.281 e. The van der Waals surface area contributed by atoms with Gasteiger partial charge >= 0.3 is 0 Å². The van der Waals surface area contributed by atoms with E-state index in [-0.39, 0.29) is 16.1 Å². The number of para-hydroxylation sites is 1. The Labute approximate surface area is 212 Å². The Morgan fingerprint density at radius 1 is 1.08 bits per heavy atom. The Kier molecular flexibility index (Phi) is 6.20. The fourth-order valence-corrected chi connectivity index (χ4v) is 6.38. The Morgan fingerprint density at radius 3 is 2.67 bits per heavy atom. The molecule has 36 heavy (non-hydrogen) atoms. The Balaban J connectivity index is 1.42. The summed E-state index contributed by atoms with van der Waals surface area (Å²) in [6, 6.07) is 16.2. The molecule has 1 fully saturated rings. The van der Waals surface area contributed by atoms with Crippen molar-refractivity contribution in [3.8, 4) is 0 Å². The number of pyridine rings is 2. The van der Waals surface area contributed by atoms with Crippen LogP contribution in [0.2, 0.25) is 0 Å². The number of aromatic nitrogens is 2. The molecule has 5 rings (SSSR count). The quantitative estimate of drug-likeness (QED) is 0.552. The number of fused-ring (bicyclic) bond motifs is 1. The summed E-state index contributed by atoms with van der Waals surface area (Å²) in [4.78, 5) is 26.3. The predicted octanol–water partition coefficient (Wildman–Crippen LogP) is 4.30. The first-order chi connectivity index (χ1) is 17.2. The molecule has 8 nitrogen and oxygen atoms in total. The van der Waals surface area contributed by atoms with Crippen molar-refractivity contribution in [2.24, 2.45) is 5.92 Å². The van der Waals surface area contributed by atoms with Crippen LogP contribution in [0.15, 0.2) is 65.8 Å². The molecule has 1 atom stereocenters. The number of benzene rings is 1. The van der Waals surface area contributed by atoms with Gasteiger partial charge < -0.3 is 9.80 Å². The summed E-state index contributed by atoms with van der Waals surface area (Å²) in [6.07, 6.45) is 4.50. The van der Waals surface area contributed by atoms with Crippen molar-refractivity contribution < 1.29 is 13.2 Å². The standard InChI is InChI=1S/C27H31N5O3S/c1-19-17-27(2,3)32(18-19)25-21(11-7-15-28-25)26(33)30-36(34,35)24-14-6-13-23(29-24)31-16-8-10-20-9-4-5-12-22(20)31/h4-7,9,11-15,19H,8,10,16-18H2,1-3H3,(H,30,33). The van der Waals surface area contributed by atoms with Crippen LogP contribution in [0.25, 0.3) is 0 Å². The molecule has 0 bridgehead atoms. The van der Waals surface area contributed by atoms with Crippen LogP contribution in [0.1, 0.15) is 49.5 Å². The number of rotatable bonds is 5. The maximum Gasteiger partial charge on any atom is 0.281 e. The molecule has 2 aliphatic rings. The Hall–Kier alpha value is -3.46. The van der Waals surface area contributed by atoms with Crippen molar-refractivity contribution >= 4 is 33.3 Å². The van der Waals surface area contributed by atoms with Crippen LogP contribution < -0.4 is 14.5 Å². The van der Waals surface area contributed by atoms with Crippen LogP contribution in [-0.2, 0) is 16.4 Å². The molecule has 1 unspecified atom stereocenters. The highest BCUT2D eigenvalue weighted by Gasteiger charge is 2.39. The first-order valence-corrected chi connectivity index (χ1v) is 13.8. The number of nitrogens with one attached hydrogen (secondary N) is 1. The molecule has 9 heteroatoms. The van der Waals surface area contributed by atoms with E-state index < -0.39 is 15.9 Å². The highest BCUT2D eigenvalue weighted by atomic mass is 32.2. The molecule has 1 amide bonds. The first-order valence-electron chi connectivity index (χ1n) is 12.3. The summed E-state index contributed by atoms with van der Waals surface area (Å²) >= 11 is 0. The van der Waals surface area contributed by atoms with Gasteiger partial charge in [-0.3, -0.25) is 4.79 Å². The van der Waals surface area contributed by atoms with E-state index in [0.717, 1.165) is 38.0 Å². The fraction of sp³-hybridized carbons (Fsp3) is 0.370. The van der Waals surface area contributed by atoms with Crippen molar-refractivity contribution in [2.75, 3.05) is 22.9 Å². The number of carbonyl (C=O) groups excluding carboxylic acids is 1. The van der Waals surface area contributed by atoms with E-state index in [9.17, 15) is 13.2 Å². The molecule has 1 N–H and O–H groups in total. The van der Waals surface area contributed by atoms with Gasteiger partial charge in [-0.25, -0.2) is 14.7 Å². The second-order valence-electron chi connectivity index (χ2n) is 10.3. The summed E-state index contributed by atoms with van der Waals surface area (Å²) in [5.74, 6) is 0.746. The second-order valence-corrected chi connectivity index (χ2v) is 11.9. The lowest BCUT2D eigenvalue weighted by atomic mass is 9.97. The molecular formula is C27H31N5O3S. The van der Waals surface area contributed by atoms with Crippen molar-refractivity contribution in [3.63, 3.8) is 0 Å². The highest BCUT2D eigenvalue weighted by Crippen LogP contribution is 2.37. The van der Waals surface area contributed by atoms with Crippen LogP contribution in [0, 0.1) is 5.92 Å². The normalized spacial score (nSPS) is 19.1. The third-order valence-corrected chi connectivity index (χ3v) is 8.19. The first kappa shape index (κ1) is 24.2. The lowest BCUT2D eigenvalue weighted by Crippen LogP contribution is -2.41. The Bertz CT molecular complexity index is 1410. The topological polar surface area (TPSA) is 95.5 Å². The van der Waals surface area contributed by atoms with E-state index in [1.54, 1.807) is 30.5 Å². The number of hydrogen-bond acceptors (Lipinski definition) is 7. The third-order valence-electron chi connectivity index (χ3n) is 6.96. The van der Waals surface area contributed by atoms with Crippen LogP contribution in [0.5, 0.6) is 0 Å². The number of hydrogen-bond donors (Lipinski definition) is 1. The van der Waals surface area contributed by atoms with Crippen molar-refractivity contribution in [1.82, 2.24) is 14.7 Å². The van der Waals surface area contributed by atoms with E-state index in [4.69, 9.17) is 0 Å². The van der Waals surface area contributed by atoms with Gasteiger partial charge in [0.1, 0.15) is 11.6 Å². The zero-order valence-corrected chi connectivity index (χ0v) is 21.6. The zero-order chi connectivity index (χ0) is 25.5. The van der Waals surface area contributed by atoms with Gasteiger partial charge in [-0.2, -0.15) is 8.42 Å². The minimum absolute atomic E-state index is 0.192. The number of anilines is 3. The molecule has 0 spiro atoms. The molecule has 1 aromatic carbocycles. The molecular weight excluding hydrogens is 474 g/mol. The van der Waals surface area contributed by atoms with Crippen molar-refractivity contribution in [1.29, 1.82) is 0 Å². The molecule has 4 heterocycles. The van der Waals surface area contributed by atoms with Gasteiger partial charge in [0.2, 0.25) is 0 Å². The van der Waals surface area contributed by atoms with E-state index in [2.05, 4.69) is 46.4 Å². The van der Waals surface area contributed by atoms with Gasteiger partial charge in [0.25, 0.3) is 15.9 Å². The maximum absolute atomic E-state index is 13.3. The van der Waals surface area contributed by atoms with Crippen LogP contribution >= 0.6 is 0 Å². The van der Waals surface area contributed by atoms with Crippen LogP contribution in [0.3, 0.4) is 0 Å². The third kappa shape index (κ3) is 4.55. The molecule has 0 aliphatic carbocycles. The van der Waals surface area contributed by atoms with E-state index in [1.165, 1.54) is 11.6 Å². The SMILES string of the molecule is CC1CN(c2ncccc2C(=O)NS(=O)(=O)c2cccc(N3CCCc4ccccc43)n2)C(C)(C)C1. The average Bonchev–Trinajstić information content (AvgIpc) is 3.15. The number of aryl methyl sites for hydroxylation is 1. The fourth-order valence-electron chi connectivity index (χ4n) is 5.45. The van der Waals surface area contributed by atoms with Gasteiger partial charge in [0.05, 0.1) is 5.56 Å². The summed E-state index contributed by atoms with van der Waals surface area (Å²) in [7, 11) is -4.21. The second kappa shape index (κ2) is 9.20. The van der Waals surface area contributed by atoms with Gasteiger partial charge in [0, 0.05) is 30.5 Å². The predicted molar refractivity (Wildman–Crippen MR) is 140 cm³/mol. The molecule has 188 valence electrons. The van der Waals surface area contributed by atoms with Crippen molar-refractivity contribution in [3.05, 3.63) is 71.9 Å². The number of nitrogens with zero attached hydrogens (tertiary/aromatic N) is 4. The highest BCUT2D eigenvalue weighted by molar-refractivity contribution is 7.90. The number of sulfonamides is 1. The summed E-state index contributed by atoms with van der Waals surface area (Å²) in [6.45, 7) is 7.87. The van der Waals surface area contributed by atoms with Gasteiger partial charge in [-0.15, -0.1) is 0 Å². The van der Waals surface area contributed by atoms with Gasteiger partial charge in [0.15, 0.2) is 5.03 Å². The molecule has 1 saturated heterocycles. The van der Waals surface area contributed by atoms with Crippen LogP contribution in [-0.4, -0.2) is 42.9 Å². The van der Waals surface area contributed by atoms with Gasteiger partial charge in [-0.1, -0.05) is 31.2 Å². The van der Waals surface area contributed by atoms with Crippen molar-refractivity contribution in [2.45, 2.75) is 50.6 Å². The molecule has 0 saturated carbocycles. The number of amides is 1. The summed E-state index contributed by atoms with van der Waals surface area (Å²) < 4.78 is 28.7. The summed E-state index contributed by atoms with van der Waals surface area (Å²) in [5.41, 5.74) is 2.26.